The molecular formula is C18H23N2P. The molecule has 1 saturated carbocycles. The predicted molar refractivity (Wildman–Crippen MR) is 88.7 cm³/mol. The fourth-order valence-electron chi connectivity index (χ4n) is 3.15. The molecule has 2 rings (SSSR count). The van der Waals surface area contributed by atoms with Crippen LogP contribution in [0.5, 0.6) is 0 Å². The molecule has 0 spiro atoms. The first-order valence-corrected chi connectivity index (χ1v) is 9.53. The van der Waals surface area contributed by atoms with Gasteiger partial charge in [-0.25, -0.2) is 0 Å². The quantitative estimate of drug-likeness (QED) is 0.722. The summed E-state index contributed by atoms with van der Waals surface area (Å²) in [4.78, 5) is 0. The van der Waals surface area contributed by atoms with Crippen LogP contribution in [0.2, 0.25) is 0 Å². The van der Waals surface area contributed by atoms with E-state index < -0.39 is 0 Å². The maximum atomic E-state index is 9.40. The van der Waals surface area contributed by atoms with Crippen LogP contribution in [0.3, 0.4) is 0 Å². The molecule has 110 valence electrons. The van der Waals surface area contributed by atoms with E-state index in [1.807, 2.05) is 0 Å². The van der Waals surface area contributed by atoms with Gasteiger partial charge in [-0.2, -0.15) is 10.5 Å². The van der Waals surface area contributed by atoms with Crippen LogP contribution < -0.4 is 5.30 Å². The molecule has 21 heavy (non-hydrogen) atoms. The fourth-order valence-corrected chi connectivity index (χ4v) is 6.36. The first kappa shape index (κ1) is 16.0. The van der Waals surface area contributed by atoms with E-state index in [1.165, 1.54) is 37.4 Å². The highest BCUT2D eigenvalue weighted by Gasteiger charge is 2.27. The summed E-state index contributed by atoms with van der Waals surface area (Å²) in [5, 5.41) is 19.6. The molecule has 0 aliphatic heterocycles. The Kier molecular flexibility index (Phi) is 6.72. The fraction of sp³-hybridized carbons (Fsp3) is 0.556. The Bertz CT molecular complexity index is 494. The molecule has 0 bridgehead atoms. The number of nitrogens with zero attached hydrogens (tertiary/aromatic N) is 2. The summed E-state index contributed by atoms with van der Waals surface area (Å²) in [5.41, 5.74) is 0.772. The molecule has 0 heterocycles. The van der Waals surface area contributed by atoms with E-state index in [9.17, 15) is 5.26 Å². The lowest BCUT2D eigenvalue weighted by Crippen LogP contribution is -2.21. The average Bonchev–Trinajstić information content (AvgIpc) is 2.57. The van der Waals surface area contributed by atoms with Gasteiger partial charge >= 0.3 is 0 Å². The molecule has 0 saturated heterocycles. The number of benzene rings is 1. The number of nitriles is 2. The third kappa shape index (κ3) is 4.84. The average molecular weight is 298 g/mol. The van der Waals surface area contributed by atoms with Gasteiger partial charge in [-0.05, 0) is 36.4 Å². The molecule has 0 N–H and O–H groups in total. The van der Waals surface area contributed by atoms with Crippen molar-refractivity contribution in [1.29, 1.82) is 10.5 Å². The third-order valence-electron chi connectivity index (χ3n) is 4.31. The minimum Gasteiger partial charge on any atom is -0.198 e. The second kappa shape index (κ2) is 8.81. The van der Waals surface area contributed by atoms with Gasteiger partial charge in [0.2, 0.25) is 0 Å². The minimum absolute atomic E-state index is 0.0397. The molecule has 1 aliphatic carbocycles. The van der Waals surface area contributed by atoms with E-state index in [-0.39, 0.29) is 13.8 Å². The summed E-state index contributed by atoms with van der Waals surface area (Å²) in [7, 11) is -0.268. The van der Waals surface area contributed by atoms with Crippen molar-refractivity contribution in [2.45, 2.75) is 50.6 Å². The monoisotopic (exact) mass is 298 g/mol. The van der Waals surface area contributed by atoms with E-state index in [0.29, 0.717) is 6.42 Å². The molecule has 0 aromatic heterocycles. The molecule has 2 nitrogen and oxygen atoms in total. The van der Waals surface area contributed by atoms with Crippen molar-refractivity contribution in [2.75, 3.05) is 6.16 Å². The van der Waals surface area contributed by atoms with Crippen LogP contribution in [-0.2, 0) is 0 Å². The molecule has 0 amide bonds. The van der Waals surface area contributed by atoms with Crippen LogP contribution in [-0.4, -0.2) is 11.8 Å². The number of hydrogen-bond acceptors (Lipinski definition) is 2. The lowest BCUT2D eigenvalue weighted by Gasteiger charge is -2.32. The normalized spacial score (nSPS) is 18.4. The molecule has 2 atom stereocenters. The van der Waals surface area contributed by atoms with E-state index in [1.54, 1.807) is 0 Å². The maximum Gasteiger partial charge on any atom is 0.0659 e. The van der Waals surface area contributed by atoms with Gasteiger partial charge in [0.15, 0.2) is 0 Å². The summed E-state index contributed by atoms with van der Waals surface area (Å²) in [6.45, 7) is 0. The largest absolute Gasteiger partial charge is 0.198 e. The van der Waals surface area contributed by atoms with Gasteiger partial charge in [0.05, 0.1) is 18.1 Å². The molecule has 0 radical (unpaired) electrons. The molecule has 1 fully saturated rings. The van der Waals surface area contributed by atoms with Gasteiger partial charge in [0.25, 0.3) is 0 Å². The molecule has 2 unspecified atom stereocenters. The van der Waals surface area contributed by atoms with Gasteiger partial charge < -0.3 is 0 Å². The summed E-state index contributed by atoms with van der Waals surface area (Å²) in [5.74, 6) is 0.0397. The van der Waals surface area contributed by atoms with Crippen molar-refractivity contribution < 1.29 is 0 Å². The highest BCUT2D eigenvalue weighted by molar-refractivity contribution is 7.66. The smallest absolute Gasteiger partial charge is 0.0659 e. The van der Waals surface area contributed by atoms with E-state index in [2.05, 4.69) is 42.5 Å². The van der Waals surface area contributed by atoms with Crippen molar-refractivity contribution in [3.63, 3.8) is 0 Å². The highest BCUT2D eigenvalue weighted by Crippen LogP contribution is 2.48. The first-order valence-electron chi connectivity index (χ1n) is 7.93. The van der Waals surface area contributed by atoms with Crippen molar-refractivity contribution in [2.24, 2.45) is 5.92 Å². The summed E-state index contributed by atoms with van der Waals surface area (Å²) >= 11 is 0. The van der Waals surface area contributed by atoms with E-state index >= 15 is 0 Å². The maximum absolute atomic E-state index is 9.40. The zero-order valence-electron chi connectivity index (χ0n) is 12.5. The molecule has 1 aromatic carbocycles. The van der Waals surface area contributed by atoms with Crippen LogP contribution in [0.15, 0.2) is 30.3 Å². The Morgan fingerprint density at radius 2 is 1.81 bits per heavy atom. The summed E-state index contributed by atoms with van der Waals surface area (Å²) in [6, 6.07) is 15.4. The predicted octanol–water partition coefficient (Wildman–Crippen LogP) is 4.57. The van der Waals surface area contributed by atoms with Crippen molar-refractivity contribution in [3.8, 4) is 12.1 Å². The number of rotatable bonds is 6. The Morgan fingerprint density at radius 3 is 2.43 bits per heavy atom. The van der Waals surface area contributed by atoms with Crippen LogP contribution in [0.1, 0.15) is 44.9 Å². The molecular weight excluding hydrogens is 275 g/mol. The van der Waals surface area contributed by atoms with Gasteiger partial charge in [0.1, 0.15) is 0 Å². The molecule has 1 aliphatic rings. The van der Waals surface area contributed by atoms with Gasteiger partial charge in [-0.3, -0.25) is 0 Å². The lowest BCUT2D eigenvalue weighted by molar-refractivity contribution is 0.510. The molecule has 1 aromatic rings. The number of hydrogen-bond donors (Lipinski definition) is 0. The third-order valence-corrected chi connectivity index (χ3v) is 7.50. The van der Waals surface area contributed by atoms with Crippen LogP contribution in [0.25, 0.3) is 0 Å². The van der Waals surface area contributed by atoms with E-state index in [0.717, 1.165) is 18.2 Å². The van der Waals surface area contributed by atoms with Gasteiger partial charge in [-0.1, -0.05) is 57.5 Å². The SMILES string of the molecule is N#CCCC(C#N)CP(c1ccccc1)C1CCCCC1. The van der Waals surface area contributed by atoms with Crippen LogP contribution in [0, 0.1) is 28.6 Å². The Balaban J connectivity index is 2.11. The summed E-state index contributed by atoms with van der Waals surface area (Å²) in [6.07, 6.45) is 8.88. The minimum atomic E-state index is -0.268. The second-order valence-electron chi connectivity index (χ2n) is 5.80. The van der Waals surface area contributed by atoms with Crippen LogP contribution >= 0.6 is 7.92 Å². The van der Waals surface area contributed by atoms with Crippen LogP contribution in [0.4, 0.5) is 0 Å². The zero-order valence-corrected chi connectivity index (χ0v) is 13.4. The van der Waals surface area contributed by atoms with Gasteiger partial charge in [-0.15, -0.1) is 0 Å². The summed E-state index contributed by atoms with van der Waals surface area (Å²) < 4.78 is 0. The Hall–Kier alpha value is -1.37. The van der Waals surface area contributed by atoms with Crippen molar-refractivity contribution in [1.82, 2.24) is 0 Å². The molecule has 3 heteroatoms. The standard InChI is InChI=1S/C18H23N2P/c19-13-7-8-16(14-20)15-21(17-9-3-1-4-10-17)18-11-5-2-6-12-18/h1,3-4,9-10,16,18H,2,5-8,11-12,15H2. The Morgan fingerprint density at radius 1 is 1.10 bits per heavy atom. The van der Waals surface area contributed by atoms with Crippen molar-refractivity contribution in [3.05, 3.63) is 30.3 Å². The second-order valence-corrected chi connectivity index (χ2v) is 8.35. The Labute approximate surface area is 129 Å². The lowest BCUT2D eigenvalue weighted by atomic mass is 10.0. The van der Waals surface area contributed by atoms with Crippen molar-refractivity contribution >= 4 is 13.2 Å². The van der Waals surface area contributed by atoms with Gasteiger partial charge in [0, 0.05) is 6.42 Å². The zero-order chi connectivity index (χ0) is 14.9. The van der Waals surface area contributed by atoms with E-state index in [4.69, 9.17) is 5.26 Å². The topological polar surface area (TPSA) is 47.6 Å². The highest BCUT2D eigenvalue weighted by atomic mass is 31.1. The first-order chi connectivity index (χ1) is 10.3.